The number of morpholine rings is 1. The highest BCUT2D eigenvalue weighted by Gasteiger charge is 2.19. The molecule has 0 unspecified atom stereocenters. The van der Waals surface area contributed by atoms with Crippen molar-refractivity contribution in [2.75, 3.05) is 52.5 Å². The van der Waals surface area contributed by atoms with Gasteiger partial charge in [-0.3, -0.25) is 4.90 Å². The molecule has 1 heterocycles. The van der Waals surface area contributed by atoms with E-state index in [1.165, 1.54) is 12.8 Å². The summed E-state index contributed by atoms with van der Waals surface area (Å²) in [6.45, 7) is 16.7. The van der Waals surface area contributed by atoms with Crippen LogP contribution < -0.4 is 5.32 Å². The average molecular weight is 300 g/mol. The minimum absolute atomic E-state index is 0.332. The maximum atomic E-state index is 5.82. The Morgan fingerprint density at radius 1 is 1.19 bits per heavy atom. The molecule has 1 rings (SSSR count). The Hall–Kier alpha value is -0.160. The molecule has 1 aliphatic rings. The molecule has 1 fully saturated rings. The number of hydrogen-bond donors (Lipinski definition) is 1. The molecular formula is C17H36N2O2. The van der Waals surface area contributed by atoms with Crippen molar-refractivity contribution < 1.29 is 9.47 Å². The van der Waals surface area contributed by atoms with Crippen LogP contribution in [0, 0.1) is 11.8 Å². The van der Waals surface area contributed by atoms with Crippen LogP contribution in [0.2, 0.25) is 0 Å². The number of rotatable bonds is 11. The molecule has 0 amide bonds. The highest BCUT2D eigenvalue weighted by molar-refractivity contribution is 4.73. The van der Waals surface area contributed by atoms with Crippen molar-refractivity contribution in [1.82, 2.24) is 10.2 Å². The van der Waals surface area contributed by atoms with Gasteiger partial charge < -0.3 is 14.8 Å². The lowest BCUT2D eigenvalue weighted by molar-refractivity contribution is -0.0351. The Kier molecular flexibility index (Phi) is 10.3. The van der Waals surface area contributed by atoms with Crippen molar-refractivity contribution in [3.8, 4) is 0 Å². The average Bonchev–Trinajstić information content (AvgIpc) is 2.42. The zero-order valence-electron chi connectivity index (χ0n) is 14.6. The molecule has 1 aliphatic heterocycles. The Bertz CT molecular complexity index is 247. The van der Waals surface area contributed by atoms with Gasteiger partial charge in [0.05, 0.1) is 19.3 Å². The lowest BCUT2D eigenvalue weighted by Gasteiger charge is -2.33. The van der Waals surface area contributed by atoms with Gasteiger partial charge in [0.15, 0.2) is 0 Å². The maximum absolute atomic E-state index is 5.82. The van der Waals surface area contributed by atoms with E-state index in [4.69, 9.17) is 9.47 Å². The molecule has 0 bridgehead atoms. The molecule has 0 aromatic rings. The van der Waals surface area contributed by atoms with Crippen molar-refractivity contribution in [2.24, 2.45) is 11.8 Å². The van der Waals surface area contributed by atoms with Gasteiger partial charge in [-0.25, -0.2) is 0 Å². The third-order valence-corrected chi connectivity index (χ3v) is 3.77. The molecule has 0 saturated carbocycles. The first kappa shape index (κ1) is 18.9. The molecule has 0 radical (unpaired) electrons. The van der Waals surface area contributed by atoms with Crippen molar-refractivity contribution in [2.45, 2.75) is 46.6 Å². The molecule has 1 saturated heterocycles. The maximum Gasteiger partial charge on any atom is 0.0826 e. The van der Waals surface area contributed by atoms with Gasteiger partial charge in [0.1, 0.15) is 0 Å². The summed E-state index contributed by atoms with van der Waals surface area (Å²) in [5.74, 6) is 1.48. The van der Waals surface area contributed by atoms with Gasteiger partial charge >= 0.3 is 0 Å². The Labute approximate surface area is 131 Å². The predicted octanol–water partition coefficient (Wildman–Crippen LogP) is 2.39. The fourth-order valence-corrected chi connectivity index (χ4v) is 2.53. The second kappa shape index (κ2) is 11.4. The van der Waals surface area contributed by atoms with E-state index in [0.29, 0.717) is 12.0 Å². The van der Waals surface area contributed by atoms with Gasteiger partial charge in [-0.2, -0.15) is 0 Å². The number of nitrogens with zero attached hydrogens (tertiary/aromatic N) is 1. The second-order valence-corrected chi connectivity index (χ2v) is 6.99. The van der Waals surface area contributed by atoms with Crippen LogP contribution in [0.1, 0.15) is 40.5 Å². The summed E-state index contributed by atoms with van der Waals surface area (Å²) >= 11 is 0. The smallest absolute Gasteiger partial charge is 0.0826 e. The van der Waals surface area contributed by atoms with Crippen LogP contribution in [0.25, 0.3) is 0 Å². The molecule has 4 heteroatoms. The molecule has 21 heavy (non-hydrogen) atoms. The predicted molar refractivity (Wildman–Crippen MR) is 88.8 cm³/mol. The van der Waals surface area contributed by atoms with E-state index in [2.05, 4.69) is 37.9 Å². The largest absolute Gasteiger partial charge is 0.380 e. The summed E-state index contributed by atoms with van der Waals surface area (Å²) < 4.78 is 11.6. The summed E-state index contributed by atoms with van der Waals surface area (Å²) in [4.78, 5) is 2.47. The summed E-state index contributed by atoms with van der Waals surface area (Å²) in [5.41, 5.74) is 0. The summed E-state index contributed by atoms with van der Waals surface area (Å²) in [7, 11) is 0. The normalized spacial score (nSPS) is 20.6. The minimum Gasteiger partial charge on any atom is -0.380 e. The summed E-state index contributed by atoms with van der Waals surface area (Å²) in [6.07, 6.45) is 2.78. The van der Waals surface area contributed by atoms with Gasteiger partial charge in [-0.15, -0.1) is 0 Å². The summed E-state index contributed by atoms with van der Waals surface area (Å²) in [5, 5.41) is 3.49. The Morgan fingerprint density at radius 3 is 2.71 bits per heavy atom. The third-order valence-electron chi connectivity index (χ3n) is 3.77. The van der Waals surface area contributed by atoms with Crippen molar-refractivity contribution >= 4 is 0 Å². The molecule has 4 nitrogen and oxygen atoms in total. The van der Waals surface area contributed by atoms with E-state index in [0.717, 1.165) is 58.5 Å². The van der Waals surface area contributed by atoms with E-state index in [9.17, 15) is 0 Å². The SMILES string of the molecule is CC(C)CCCOCCN1CCO[C@H](CNCC(C)C)C1. The molecule has 0 spiro atoms. The molecule has 1 N–H and O–H groups in total. The first-order chi connectivity index (χ1) is 10.1. The van der Waals surface area contributed by atoms with Crippen LogP contribution in [0.3, 0.4) is 0 Å². The quantitative estimate of drug-likeness (QED) is 0.594. The molecule has 0 aromatic heterocycles. The fraction of sp³-hybridized carbons (Fsp3) is 1.00. The first-order valence-corrected chi connectivity index (χ1v) is 8.70. The van der Waals surface area contributed by atoms with E-state index in [1.54, 1.807) is 0 Å². The minimum atomic E-state index is 0.332. The first-order valence-electron chi connectivity index (χ1n) is 8.70. The highest BCUT2D eigenvalue weighted by atomic mass is 16.5. The molecule has 0 aliphatic carbocycles. The zero-order chi connectivity index (χ0) is 15.5. The van der Waals surface area contributed by atoms with Gasteiger partial charge in [-0.1, -0.05) is 27.7 Å². The van der Waals surface area contributed by atoms with E-state index >= 15 is 0 Å². The number of nitrogens with one attached hydrogen (secondary N) is 1. The molecule has 1 atom stereocenters. The Morgan fingerprint density at radius 2 is 2.00 bits per heavy atom. The zero-order valence-corrected chi connectivity index (χ0v) is 14.6. The highest BCUT2D eigenvalue weighted by Crippen LogP contribution is 2.06. The van der Waals surface area contributed by atoms with Crippen LogP contribution >= 0.6 is 0 Å². The molecule has 0 aromatic carbocycles. The van der Waals surface area contributed by atoms with Gasteiger partial charge in [0.25, 0.3) is 0 Å². The number of hydrogen-bond acceptors (Lipinski definition) is 4. The fourth-order valence-electron chi connectivity index (χ4n) is 2.53. The van der Waals surface area contributed by atoms with E-state index in [-0.39, 0.29) is 0 Å². The van der Waals surface area contributed by atoms with E-state index in [1.807, 2.05) is 0 Å². The van der Waals surface area contributed by atoms with E-state index < -0.39 is 0 Å². The lowest BCUT2D eigenvalue weighted by Crippen LogP contribution is -2.47. The number of ether oxygens (including phenoxy) is 2. The van der Waals surface area contributed by atoms with Crippen LogP contribution in [0.15, 0.2) is 0 Å². The Balaban J connectivity index is 2.01. The van der Waals surface area contributed by atoms with Gasteiger partial charge in [0, 0.05) is 32.8 Å². The van der Waals surface area contributed by atoms with Crippen LogP contribution in [-0.2, 0) is 9.47 Å². The molecular weight excluding hydrogens is 264 g/mol. The van der Waals surface area contributed by atoms with Crippen LogP contribution in [0.5, 0.6) is 0 Å². The molecule has 126 valence electrons. The summed E-state index contributed by atoms with van der Waals surface area (Å²) in [6, 6.07) is 0. The van der Waals surface area contributed by atoms with Gasteiger partial charge in [0.2, 0.25) is 0 Å². The topological polar surface area (TPSA) is 33.7 Å². The van der Waals surface area contributed by atoms with Crippen molar-refractivity contribution in [3.63, 3.8) is 0 Å². The van der Waals surface area contributed by atoms with Crippen molar-refractivity contribution in [3.05, 3.63) is 0 Å². The standard InChI is InChI=1S/C17H36N2O2/c1-15(2)6-5-9-20-10-7-19-8-11-21-17(14-19)13-18-12-16(3)4/h15-18H,5-14H2,1-4H3/t17-/m1/s1. The monoisotopic (exact) mass is 300 g/mol. The van der Waals surface area contributed by atoms with Crippen LogP contribution in [-0.4, -0.2) is 63.5 Å². The third kappa shape index (κ3) is 10.2. The lowest BCUT2D eigenvalue weighted by atomic mass is 10.1. The van der Waals surface area contributed by atoms with Crippen molar-refractivity contribution in [1.29, 1.82) is 0 Å². The van der Waals surface area contributed by atoms with Gasteiger partial charge in [-0.05, 0) is 31.2 Å². The van der Waals surface area contributed by atoms with Crippen LogP contribution in [0.4, 0.5) is 0 Å². The second-order valence-electron chi connectivity index (χ2n) is 6.99.